The molecule has 0 spiro atoms. The Balaban J connectivity index is 2.72. The summed E-state index contributed by atoms with van der Waals surface area (Å²) in [7, 11) is 0. The molecule has 0 saturated heterocycles. The zero-order chi connectivity index (χ0) is 15.8. The minimum absolute atomic E-state index is 0.0796. The molecule has 5 N–H and O–H groups in total. The van der Waals surface area contributed by atoms with Crippen molar-refractivity contribution in [3.63, 3.8) is 0 Å². The van der Waals surface area contributed by atoms with Gasteiger partial charge < -0.3 is 21.7 Å². The van der Waals surface area contributed by atoms with Crippen LogP contribution in [0, 0.1) is 0 Å². The lowest BCUT2D eigenvalue weighted by atomic mass is 10.1. The highest BCUT2D eigenvalue weighted by Crippen LogP contribution is 2.20. The highest BCUT2D eigenvalue weighted by molar-refractivity contribution is 5.96. The normalized spacial score (nSPS) is 11.6. The van der Waals surface area contributed by atoms with Crippen LogP contribution in [0.2, 0.25) is 0 Å². The van der Waals surface area contributed by atoms with Gasteiger partial charge in [0.1, 0.15) is 6.04 Å². The van der Waals surface area contributed by atoms with E-state index in [2.05, 4.69) is 16.0 Å². The maximum absolute atomic E-state index is 11.8. The Morgan fingerprint density at radius 1 is 1.24 bits per heavy atom. The van der Waals surface area contributed by atoms with Crippen molar-refractivity contribution < 1.29 is 9.59 Å². The Hall–Kier alpha value is -2.24. The van der Waals surface area contributed by atoms with Crippen LogP contribution in [0.25, 0.3) is 0 Å². The first-order chi connectivity index (χ1) is 9.99. The molecule has 1 aromatic rings. The molecule has 0 fully saturated rings. The van der Waals surface area contributed by atoms with Gasteiger partial charge in [-0.2, -0.15) is 0 Å². The number of nitrogens with two attached hydrogens (primary N) is 1. The third-order valence-electron chi connectivity index (χ3n) is 2.97. The van der Waals surface area contributed by atoms with Gasteiger partial charge in [0.25, 0.3) is 5.91 Å². The predicted molar refractivity (Wildman–Crippen MR) is 85.2 cm³/mol. The number of carbonyl (C=O) groups excluding carboxylic acids is 2. The molecular weight excluding hydrogens is 268 g/mol. The van der Waals surface area contributed by atoms with Crippen LogP contribution in [-0.2, 0) is 4.79 Å². The van der Waals surface area contributed by atoms with Crippen molar-refractivity contribution in [1.82, 2.24) is 10.6 Å². The van der Waals surface area contributed by atoms with Crippen molar-refractivity contribution in [2.75, 3.05) is 24.1 Å². The van der Waals surface area contributed by atoms with Gasteiger partial charge in [-0.25, -0.2) is 0 Å². The molecule has 6 nitrogen and oxygen atoms in total. The van der Waals surface area contributed by atoms with E-state index in [1.165, 1.54) is 0 Å². The molecule has 116 valence electrons. The summed E-state index contributed by atoms with van der Waals surface area (Å²) < 4.78 is 0. The van der Waals surface area contributed by atoms with Crippen LogP contribution in [0.5, 0.6) is 0 Å². The zero-order valence-corrected chi connectivity index (χ0v) is 12.8. The fourth-order valence-corrected chi connectivity index (χ4v) is 1.80. The molecule has 0 aliphatic rings. The van der Waals surface area contributed by atoms with E-state index in [0.29, 0.717) is 30.0 Å². The molecule has 0 bridgehead atoms. The monoisotopic (exact) mass is 292 g/mol. The SMILES string of the molecule is CCCNC(=O)C(C)Nc1ccc(C(=O)NCC)cc1N. The first-order valence-electron chi connectivity index (χ1n) is 7.21. The van der Waals surface area contributed by atoms with E-state index in [1.54, 1.807) is 25.1 Å². The summed E-state index contributed by atoms with van der Waals surface area (Å²) in [6, 6.07) is 4.60. The number of anilines is 2. The second-order valence-electron chi connectivity index (χ2n) is 4.82. The second kappa shape index (κ2) is 8.14. The number of nitrogens with one attached hydrogen (secondary N) is 3. The molecule has 0 heterocycles. The third kappa shape index (κ3) is 4.98. The van der Waals surface area contributed by atoms with E-state index in [1.807, 2.05) is 13.8 Å². The third-order valence-corrected chi connectivity index (χ3v) is 2.97. The Kier molecular flexibility index (Phi) is 6.52. The average Bonchev–Trinajstić information content (AvgIpc) is 2.46. The lowest BCUT2D eigenvalue weighted by Crippen LogP contribution is -2.38. The number of hydrogen-bond donors (Lipinski definition) is 4. The summed E-state index contributed by atoms with van der Waals surface area (Å²) in [6.07, 6.45) is 0.891. The van der Waals surface area contributed by atoms with Crippen molar-refractivity contribution in [3.8, 4) is 0 Å². The summed E-state index contributed by atoms with van der Waals surface area (Å²) in [5, 5.41) is 8.57. The lowest BCUT2D eigenvalue weighted by Gasteiger charge is -2.17. The Morgan fingerprint density at radius 2 is 1.95 bits per heavy atom. The first-order valence-corrected chi connectivity index (χ1v) is 7.21. The smallest absolute Gasteiger partial charge is 0.251 e. The van der Waals surface area contributed by atoms with Crippen LogP contribution in [0.4, 0.5) is 11.4 Å². The van der Waals surface area contributed by atoms with E-state index in [4.69, 9.17) is 5.73 Å². The molecule has 1 rings (SSSR count). The Morgan fingerprint density at radius 3 is 2.52 bits per heavy atom. The molecule has 0 radical (unpaired) electrons. The van der Waals surface area contributed by atoms with E-state index < -0.39 is 6.04 Å². The van der Waals surface area contributed by atoms with Gasteiger partial charge >= 0.3 is 0 Å². The molecule has 1 atom stereocenters. The first kappa shape index (κ1) is 16.8. The number of amides is 2. The van der Waals surface area contributed by atoms with Crippen LogP contribution in [0.15, 0.2) is 18.2 Å². The van der Waals surface area contributed by atoms with E-state index in [-0.39, 0.29) is 11.8 Å². The lowest BCUT2D eigenvalue weighted by molar-refractivity contribution is -0.121. The molecule has 1 unspecified atom stereocenters. The number of hydrogen-bond acceptors (Lipinski definition) is 4. The average molecular weight is 292 g/mol. The van der Waals surface area contributed by atoms with E-state index in [0.717, 1.165) is 6.42 Å². The van der Waals surface area contributed by atoms with Crippen molar-refractivity contribution in [2.24, 2.45) is 0 Å². The summed E-state index contributed by atoms with van der Waals surface area (Å²) in [6.45, 7) is 6.83. The fourth-order valence-electron chi connectivity index (χ4n) is 1.80. The topological polar surface area (TPSA) is 96.2 Å². The van der Waals surface area contributed by atoms with Gasteiger partial charge in [-0.05, 0) is 38.5 Å². The summed E-state index contributed by atoms with van der Waals surface area (Å²) in [5.41, 5.74) is 7.51. The van der Waals surface area contributed by atoms with Gasteiger partial charge in [-0.1, -0.05) is 6.92 Å². The Bertz CT molecular complexity index is 502. The molecule has 0 aliphatic carbocycles. The van der Waals surface area contributed by atoms with Crippen molar-refractivity contribution in [1.29, 1.82) is 0 Å². The van der Waals surface area contributed by atoms with E-state index in [9.17, 15) is 9.59 Å². The summed E-state index contributed by atoms with van der Waals surface area (Å²) >= 11 is 0. The van der Waals surface area contributed by atoms with Gasteiger partial charge in [0.05, 0.1) is 11.4 Å². The molecule has 0 saturated carbocycles. The van der Waals surface area contributed by atoms with Crippen molar-refractivity contribution >= 4 is 23.2 Å². The van der Waals surface area contributed by atoms with Crippen LogP contribution >= 0.6 is 0 Å². The predicted octanol–water partition coefficient (Wildman–Crippen LogP) is 1.35. The van der Waals surface area contributed by atoms with Crippen LogP contribution in [-0.4, -0.2) is 30.9 Å². The van der Waals surface area contributed by atoms with Gasteiger partial charge in [-0.3, -0.25) is 9.59 Å². The molecule has 1 aromatic carbocycles. The standard InChI is InChI=1S/C15H24N4O2/c1-4-8-18-14(20)10(3)19-13-7-6-11(9-12(13)16)15(21)17-5-2/h6-7,9-10,19H,4-5,8,16H2,1-3H3,(H,17,21)(H,18,20). The maximum Gasteiger partial charge on any atom is 0.251 e. The molecule has 0 aromatic heterocycles. The van der Waals surface area contributed by atoms with Gasteiger partial charge in [0.2, 0.25) is 5.91 Å². The van der Waals surface area contributed by atoms with Crippen molar-refractivity contribution in [3.05, 3.63) is 23.8 Å². The van der Waals surface area contributed by atoms with Gasteiger partial charge in [0.15, 0.2) is 0 Å². The number of carbonyl (C=O) groups is 2. The van der Waals surface area contributed by atoms with E-state index >= 15 is 0 Å². The molecular formula is C15H24N4O2. The number of benzene rings is 1. The van der Waals surface area contributed by atoms with Crippen LogP contribution in [0.3, 0.4) is 0 Å². The van der Waals surface area contributed by atoms with Crippen LogP contribution in [0.1, 0.15) is 37.6 Å². The maximum atomic E-state index is 11.8. The minimum atomic E-state index is -0.394. The number of nitrogen functional groups attached to an aromatic ring is 1. The minimum Gasteiger partial charge on any atom is -0.397 e. The van der Waals surface area contributed by atoms with Gasteiger partial charge in [0, 0.05) is 18.7 Å². The van der Waals surface area contributed by atoms with Crippen LogP contribution < -0.4 is 21.7 Å². The fraction of sp³-hybridized carbons (Fsp3) is 0.467. The van der Waals surface area contributed by atoms with Crippen molar-refractivity contribution in [2.45, 2.75) is 33.2 Å². The van der Waals surface area contributed by atoms with Gasteiger partial charge in [-0.15, -0.1) is 0 Å². The zero-order valence-electron chi connectivity index (χ0n) is 12.8. The molecule has 2 amide bonds. The number of rotatable bonds is 7. The largest absolute Gasteiger partial charge is 0.397 e. The highest BCUT2D eigenvalue weighted by Gasteiger charge is 2.14. The summed E-state index contributed by atoms with van der Waals surface area (Å²) in [4.78, 5) is 23.5. The Labute approximate surface area is 125 Å². The molecule has 0 aliphatic heterocycles. The second-order valence-corrected chi connectivity index (χ2v) is 4.82. The summed E-state index contributed by atoms with van der Waals surface area (Å²) in [5.74, 6) is -0.242. The molecule has 6 heteroatoms. The quantitative estimate of drug-likeness (QED) is 0.570. The molecule has 21 heavy (non-hydrogen) atoms. The highest BCUT2D eigenvalue weighted by atomic mass is 16.2.